The normalized spacial score (nSPS) is 15.7. The van der Waals surface area contributed by atoms with Crippen LogP contribution in [0.2, 0.25) is 0 Å². The van der Waals surface area contributed by atoms with Crippen LogP contribution in [0, 0.1) is 6.92 Å². The minimum Gasteiger partial charge on any atom is -0.369 e. The molecule has 1 N–H and O–H groups in total. The number of anilines is 3. The van der Waals surface area contributed by atoms with Crippen molar-refractivity contribution in [2.24, 2.45) is 4.36 Å². The highest BCUT2D eigenvalue weighted by molar-refractivity contribution is 7.74. The number of piperazine rings is 1. The molecule has 176 valence electrons. The maximum atomic E-state index is 11.5. The summed E-state index contributed by atoms with van der Waals surface area (Å²) in [6.45, 7) is 6.23. The summed E-state index contributed by atoms with van der Waals surface area (Å²) in [5.74, 6) is 1.62. The van der Waals surface area contributed by atoms with Gasteiger partial charge in [-0.15, -0.1) is 0 Å². The van der Waals surface area contributed by atoms with E-state index < -0.39 is 10.6 Å². The third-order valence-corrected chi connectivity index (χ3v) is 6.40. The lowest BCUT2D eigenvalue weighted by Crippen LogP contribution is -2.44. The van der Waals surface area contributed by atoms with Crippen LogP contribution in [0.15, 0.2) is 59.1 Å². The van der Waals surface area contributed by atoms with E-state index in [1.54, 1.807) is 12.3 Å². The molecule has 1 unspecified atom stereocenters. The Morgan fingerprint density at radius 1 is 1.03 bits per heavy atom. The van der Waals surface area contributed by atoms with Gasteiger partial charge in [-0.2, -0.15) is 9.35 Å². The largest absolute Gasteiger partial charge is 0.369 e. The number of benzene rings is 1. The van der Waals surface area contributed by atoms with E-state index in [1.807, 2.05) is 35.9 Å². The summed E-state index contributed by atoms with van der Waals surface area (Å²) in [6, 6.07) is 15.9. The molecule has 1 fully saturated rings. The molecule has 5 rings (SSSR count). The Balaban J connectivity index is 1.41. The fraction of sp³-hybridized carbons (Fsp3) is 0.292. The zero-order valence-electron chi connectivity index (χ0n) is 19.5. The summed E-state index contributed by atoms with van der Waals surface area (Å²) in [5.41, 5.74) is 3.88. The van der Waals surface area contributed by atoms with Gasteiger partial charge >= 0.3 is 0 Å². The van der Waals surface area contributed by atoms with Crippen LogP contribution in [-0.4, -0.2) is 68.1 Å². The van der Waals surface area contributed by atoms with Crippen molar-refractivity contribution in [1.29, 1.82) is 0 Å². The zero-order chi connectivity index (χ0) is 23.7. The van der Waals surface area contributed by atoms with Crippen LogP contribution in [0.3, 0.4) is 0 Å². The number of rotatable bonds is 5. The van der Waals surface area contributed by atoms with E-state index >= 15 is 0 Å². The van der Waals surface area contributed by atoms with E-state index in [-0.39, 0.29) is 0 Å². The molecule has 4 heterocycles. The predicted molar refractivity (Wildman–Crippen MR) is 138 cm³/mol. The minimum absolute atomic E-state index is 0.440. The van der Waals surface area contributed by atoms with Crippen molar-refractivity contribution in [2.75, 3.05) is 49.7 Å². The highest BCUT2D eigenvalue weighted by atomic mass is 32.2. The van der Waals surface area contributed by atoms with E-state index in [4.69, 9.17) is 4.98 Å². The van der Waals surface area contributed by atoms with Crippen LogP contribution in [0.25, 0.3) is 16.9 Å². The second-order valence-electron chi connectivity index (χ2n) is 8.47. The first kappa shape index (κ1) is 22.3. The van der Waals surface area contributed by atoms with Gasteiger partial charge in [0.05, 0.1) is 0 Å². The molecule has 1 atom stereocenters. The number of thiol groups is 1. The molecule has 3 aromatic heterocycles. The van der Waals surface area contributed by atoms with Crippen molar-refractivity contribution in [3.8, 4) is 5.82 Å². The van der Waals surface area contributed by atoms with Gasteiger partial charge in [0.1, 0.15) is 5.82 Å². The third-order valence-electron chi connectivity index (χ3n) is 5.91. The highest BCUT2D eigenvalue weighted by Crippen LogP contribution is 2.25. The monoisotopic (exact) mass is 476 g/mol. The molecule has 0 radical (unpaired) electrons. The van der Waals surface area contributed by atoms with Gasteiger partial charge in [0.15, 0.2) is 11.5 Å². The third kappa shape index (κ3) is 4.73. The molecule has 1 aliphatic rings. The number of hydrogen-bond acceptors (Lipinski definition) is 8. The number of nitrogens with zero attached hydrogens (tertiary/aromatic N) is 7. The Bertz CT molecular complexity index is 1400. The average Bonchev–Trinajstić information content (AvgIpc) is 3.15. The van der Waals surface area contributed by atoms with E-state index in [1.165, 1.54) is 5.69 Å². The molecule has 4 aromatic rings. The summed E-state index contributed by atoms with van der Waals surface area (Å²) >= 11 is 0. The van der Waals surface area contributed by atoms with E-state index in [0.717, 1.165) is 48.6 Å². The van der Waals surface area contributed by atoms with E-state index in [9.17, 15) is 4.21 Å². The number of nitrogens with one attached hydrogen (secondary N) is 1. The fourth-order valence-corrected chi connectivity index (χ4v) is 4.56. The van der Waals surface area contributed by atoms with Gasteiger partial charge in [-0.1, -0.05) is 6.07 Å². The molecule has 1 saturated heterocycles. The van der Waals surface area contributed by atoms with Gasteiger partial charge in [-0.3, -0.25) is 8.78 Å². The molecular weight excluding hydrogens is 448 g/mol. The molecule has 0 saturated carbocycles. The average molecular weight is 477 g/mol. The summed E-state index contributed by atoms with van der Waals surface area (Å²) in [4.78, 5) is 18.6. The van der Waals surface area contributed by atoms with Crippen molar-refractivity contribution in [1.82, 2.24) is 24.4 Å². The van der Waals surface area contributed by atoms with Crippen LogP contribution in [0.5, 0.6) is 0 Å². The number of aromatic nitrogens is 4. The number of pyridine rings is 1. The first-order valence-electron chi connectivity index (χ1n) is 11.2. The molecular formula is C24H28N8OS. The van der Waals surface area contributed by atoms with Gasteiger partial charge in [-0.05, 0) is 56.4 Å². The van der Waals surface area contributed by atoms with Gasteiger partial charge in [-0.25, -0.2) is 9.97 Å². The summed E-state index contributed by atoms with van der Waals surface area (Å²) in [6.07, 6.45) is 3.37. The SMILES string of the molecule is Cc1cc2cnc(Nc3ccc(N4CCN(C)CC4)cc3)nc2n1-c1cccc(/N=[SH](/C)=O)n1. The molecule has 34 heavy (non-hydrogen) atoms. The maximum Gasteiger partial charge on any atom is 0.229 e. The lowest BCUT2D eigenvalue weighted by molar-refractivity contribution is 0.313. The molecule has 0 bridgehead atoms. The van der Waals surface area contributed by atoms with Crippen molar-refractivity contribution < 1.29 is 4.21 Å². The zero-order valence-corrected chi connectivity index (χ0v) is 20.4. The highest BCUT2D eigenvalue weighted by Gasteiger charge is 2.15. The summed E-state index contributed by atoms with van der Waals surface area (Å²) < 4.78 is 17.6. The van der Waals surface area contributed by atoms with Gasteiger partial charge in [0.25, 0.3) is 0 Å². The van der Waals surface area contributed by atoms with E-state index in [0.29, 0.717) is 17.6 Å². The number of likely N-dealkylation sites (N-methyl/N-ethyl adjacent to an activating group) is 1. The van der Waals surface area contributed by atoms with Gasteiger partial charge < -0.3 is 15.1 Å². The standard InChI is InChI=1S/C24H28N8OS/c1-17-15-18-16-25-24(26-19-7-9-20(10-8-19)31-13-11-30(2)12-14-31)28-23(18)32(17)22-6-4-5-21(27-22)29-34(3)33/h4-10,15-16,34H,11-14H2,1-3H3,(H,25,26,28). The lowest BCUT2D eigenvalue weighted by Gasteiger charge is -2.34. The van der Waals surface area contributed by atoms with Crippen molar-refractivity contribution in [3.63, 3.8) is 0 Å². The molecule has 1 aliphatic heterocycles. The number of aryl methyl sites for hydroxylation is 1. The molecule has 0 spiro atoms. The second-order valence-corrected chi connectivity index (χ2v) is 9.60. The number of fused-ring (bicyclic) bond motifs is 1. The molecule has 0 amide bonds. The Hall–Kier alpha value is -3.50. The van der Waals surface area contributed by atoms with Crippen LogP contribution < -0.4 is 10.2 Å². The van der Waals surface area contributed by atoms with E-state index in [2.05, 4.69) is 60.8 Å². The predicted octanol–water partition coefficient (Wildman–Crippen LogP) is 3.55. The van der Waals surface area contributed by atoms with Crippen LogP contribution in [0.4, 0.5) is 23.1 Å². The topological polar surface area (TPSA) is 91.5 Å². The molecule has 9 nitrogen and oxygen atoms in total. The Kier molecular flexibility index (Phi) is 6.16. The Labute approximate surface area is 200 Å². The van der Waals surface area contributed by atoms with Crippen molar-refractivity contribution >= 4 is 44.8 Å². The molecule has 0 aliphatic carbocycles. The van der Waals surface area contributed by atoms with Crippen molar-refractivity contribution in [2.45, 2.75) is 6.92 Å². The second kappa shape index (κ2) is 9.40. The fourth-order valence-electron chi connectivity index (χ4n) is 4.16. The van der Waals surface area contributed by atoms with Crippen LogP contribution in [-0.2, 0) is 10.6 Å². The van der Waals surface area contributed by atoms with Crippen LogP contribution in [0.1, 0.15) is 5.69 Å². The summed E-state index contributed by atoms with van der Waals surface area (Å²) in [5, 5.41) is 4.23. The van der Waals surface area contributed by atoms with Crippen molar-refractivity contribution in [3.05, 3.63) is 60.4 Å². The van der Waals surface area contributed by atoms with Gasteiger partial charge in [0, 0.05) is 71.7 Å². The Morgan fingerprint density at radius 3 is 2.53 bits per heavy atom. The molecule has 1 aromatic carbocycles. The number of hydrogen-bond donors (Lipinski definition) is 2. The lowest BCUT2D eigenvalue weighted by atomic mass is 10.2. The maximum absolute atomic E-state index is 11.5. The van der Waals surface area contributed by atoms with Crippen LogP contribution >= 0.6 is 0 Å². The smallest absolute Gasteiger partial charge is 0.229 e. The molecule has 10 heteroatoms. The summed E-state index contributed by atoms with van der Waals surface area (Å²) in [7, 11) is 0.493. The van der Waals surface area contributed by atoms with Gasteiger partial charge in [0.2, 0.25) is 5.95 Å². The quantitative estimate of drug-likeness (QED) is 0.426. The first-order valence-corrected chi connectivity index (χ1v) is 12.9. The minimum atomic E-state index is -1.67. The first-order chi connectivity index (χ1) is 16.5. The Morgan fingerprint density at radius 2 is 1.79 bits per heavy atom.